The Bertz CT molecular complexity index is 454. The maximum atomic E-state index is 11.7. The molecule has 1 amide bonds. The van der Waals surface area contributed by atoms with E-state index < -0.39 is 5.60 Å². The molecule has 1 aromatic rings. The molecule has 0 aromatic heterocycles. The van der Waals surface area contributed by atoms with Crippen molar-refractivity contribution < 1.29 is 9.53 Å². The molecular formula is C19H32N2O2. The highest BCUT2D eigenvalue weighted by molar-refractivity contribution is 5.67. The third-order valence-corrected chi connectivity index (χ3v) is 3.76. The van der Waals surface area contributed by atoms with E-state index in [4.69, 9.17) is 4.74 Å². The van der Waals surface area contributed by atoms with Crippen molar-refractivity contribution in [1.29, 1.82) is 0 Å². The van der Waals surface area contributed by atoms with Gasteiger partial charge in [-0.25, -0.2) is 4.79 Å². The number of amides is 1. The molecule has 4 nitrogen and oxygen atoms in total. The van der Waals surface area contributed by atoms with Gasteiger partial charge in [0.25, 0.3) is 0 Å². The second kappa shape index (κ2) is 9.56. The molecule has 0 aliphatic heterocycles. The minimum atomic E-state index is -0.454. The predicted molar refractivity (Wildman–Crippen MR) is 95.8 cm³/mol. The Morgan fingerprint density at radius 3 is 2.43 bits per heavy atom. The maximum absolute atomic E-state index is 11.7. The van der Waals surface area contributed by atoms with E-state index in [0.717, 1.165) is 19.4 Å². The van der Waals surface area contributed by atoms with E-state index in [1.54, 1.807) is 0 Å². The second-order valence-corrected chi connectivity index (χ2v) is 7.04. The molecule has 130 valence electrons. The van der Waals surface area contributed by atoms with E-state index in [2.05, 4.69) is 48.7 Å². The Morgan fingerprint density at radius 1 is 1.22 bits per heavy atom. The minimum absolute atomic E-state index is 0.269. The molecule has 1 aromatic carbocycles. The molecule has 0 radical (unpaired) electrons. The quantitative estimate of drug-likeness (QED) is 0.759. The van der Waals surface area contributed by atoms with Gasteiger partial charge in [0.05, 0.1) is 0 Å². The molecule has 0 aliphatic carbocycles. The van der Waals surface area contributed by atoms with Gasteiger partial charge in [-0.3, -0.25) is 0 Å². The summed E-state index contributed by atoms with van der Waals surface area (Å²) in [5.41, 5.74) is 0.916. The van der Waals surface area contributed by atoms with Crippen LogP contribution in [0.2, 0.25) is 0 Å². The monoisotopic (exact) mass is 320 g/mol. The van der Waals surface area contributed by atoms with Crippen molar-refractivity contribution in [2.45, 2.75) is 65.0 Å². The van der Waals surface area contributed by atoms with Crippen LogP contribution in [0.5, 0.6) is 0 Å². The van der Waals surface area contributed by atoms with E-state index in [1.807, 2.05) is 26.8 Å². The zero-order valence-electron chi connectivity index (χ0n) is 15.2. The van der Waals surface area contributed by atoms with E-state index in [1.165, 1.54) is 5.56 Å². The highest BCUT2D eigenvalue weighted by atomic mass is 16.6. The molecule has 0 saturated carbocycles. The molecule has 4 heteroatoms. The van der Waals surface area contributed by atoms with Crippen LogP contribution in [0, 0.1) is 0 Å². The molecule has 2 unspecified atom stereocenters. The average Bonchev–Trinajstić information content (AvgIpc) is 2.49. The van der Waals surface area contributed by atoms with E-state index in [-0.39, 0.29) is 12.1 Å². The number of hydrogen-bond acceptors (Lipinski definition) is 3. The smallest absolute Gasteiger partial charge is 0.407 e. The van der Waals surface area contributed by atoms with Gasteiger partial charge in [0.2, 0.25) is 0 Å². The van der Waals surface area contributed by atoms with Gasteiger partial charge >= 0.3 is 6.09 Å². The van der Waals surface area contributed by atoms with Crippen LogP contribution in [-0.2, 0) is 4.74 Å². The van der Waals surface area contributed by atoms with Crippen LogP contribution in [0.3, 0.4) is 0 Å². The third-order valence-electron chi connectivity index (χ3n) is 3.76. The van der Waals surface area contributed by atoms with Crippen LogP contribution in [-0.4, -0.2) is 30.8 Å². The first-order valence-corrected chi connectivity index (χ1v) is 8.57. The number of ether oxygens (including phenoxy) is 1. The van der Waals surface area contributed by atoms with Crippen LogP contribution < -0.4 is 10.6 Å². The Kier molecular flexibility index (Phi) is 8.10. The summed E-state index contributed by atoms with van der Waals surface area (Å²) in [5, 5.41) is 6.35. The first-order chi connectivity index (χ1) is 10.8. The predicted octanol–water partition coefficient (Wildman–Crippen LogP) is 4.07. The molecule has 0 spiro atoms. The molecule has 1 rings (SSSR count). The zero-order valence-corrected chi connectivity index (χ0v) is 15.2. The van der Waals surface area contributed by atoms with Crippen molar-refractivity contribution >= 4 is 6.09 Å². The lowest BCUT2D eigenvalue weighted by Gasteiger charge is -2.22. The van der Waals surface area contributed by atoms with E-state index in [9.17, 15) is 4.79 Å². The van der Waals surface area contributed by atoms with Crippen molar-refractivity contribution in [1.82, 2.24) is 10.6 Å². The third kappa shape index (κ3) is 8.60. The van der Waals surface area contributed by atoms with Gasteiger partial charge in [-0.1, -0.05) is 44.2 Å². The summed E-state index contributed by atoms with van der Waals surface area (Å²) in [6, 6.07) is 10.8. The van der Waals surface area contributed by atoms with Crippen LogP contribution in [0.15, 0.2) is 30.3 Å². The normalized spacial score (nSPS) is 14.1. The van der Waals surface area contributed by atoms with Crippen molar-refractivity contribution in [3.8, 4) is 0 Å². The number of benzene rings is 1. The van der Waals surface area contributed by atoms with Gasteiger partial charge in [0.1, 0.15) is 5.60 Å². The highest BCUT2D eigenvalue weighted by Gasteiger charge is 2.17. The number of carbonyl (C=O) groups is 1. The molecular weight excluding hydrogens is 288 g/mol. The summed E-state index contributed by atoms with van der Waals surface area (Å²) in [7, 11) is 0. The lowest BCUT2D eigenvalue weighted by molar-refractivity contribution is 0.0522. The molecule has 2 atom stereocenters. The zero-order chi connectivity index (χ0) is 17.3. The Labute approximate surface area is 141 Å². The van der Waals surface area contributed by atoms with Crippen LogP contribution in [0.1, 0.15) is 58.9 Å². The van der Waals surface area contributed by atoms with Crippen LogP contribution >= 0.6 is 0 Å². The van der Waals surface area contributed by atoms with Gasteiger partial charge < -0.3 is 15.4 Å². The molecule has 0 bridgehead atoms. The molecule has 0 fully saturated rings. The SMILES string of the molecule is CCC(CNC(=O)OC(C)(C)C)NCCC(C)c1ccccc1. The first-order valence-electron chi connectivity index (χ1n) is 8.57. The summed E-state index contributed by atoms with van der Waals surface area (Å²) in [4.78, 5) is 11.7. The fraction of sp³-hybridized carbons (Fsp3) is 0.632. The Morgan fingerprint density at radius 2 is 1.87 bits per heavy atom. The lowest BCUT2D eigenvalue weighted by Crippen LogP contribution is -2.42. The summed E-state index contributed by atoms with van der Waals surface area (Å²) in [6.45, 7) is 11.5. The lowest BCUT2D eigenvalue weighted by atomic mass is 9.98. The van der Waals surface area contributed by atoms with Gasteiger partial charge in [0.15, 0.2) is 0 Å². The van der Waals surface area contributed by atoms with E-state index >= 15 is 0 Å². The van der Waals surface area contributed by atoms with Crippen molar-refractivity contribution in [2.75, 3.05) is 13.1 Å². The van der Waals surface area contributed by atoms with Gasteiger partial charge in [0, 0.05) is 12.6 Å². The standard InChI is InChI=1S/C19H32N2O2/c1-6-17(14-21-18(22)23-19(3,4)5)20-13-12-15(2)16-10-8-7-9-11-16/h7-11,15,17,20H,6,12-14H2,1-5H3,(H,21,22). The largest absolute Gasteiger partial charge is 0.444 e. The fourth-order valence-corrected chi connectivity index (χ4v) is 2.33. The van der Waals surface area contributed by atoms with Gasteiger partial charge in [-0.2, -0.15) is 0 Å². The van der Waals surface area contributed by atoms with Gasteiger partial charge in [-0.05, 0) is 51.6 Å². The first kappa shape index (κ1) is 19.5. The van der Waals surface area contributed by atoms with Gasteiger partial charge in [-0.15, -0.1) is 0 Å². The summed E-state index contributed by atoms with van der Waals surface area (Å²) >= 11 is 0. The summed E-state index contributed by atoms with van der Waals surface area (Å²) in [5.74, 6) is 0.528. The fourth-order valence-electron chi connectivity index (χ4n) is 2.33. The molecule has 2 N–H and O–H groups in total. The van der Waals surface area contributed by atoms with Crippen LogP contribution in [0.4, 0.5) is 4.79 Å². The van der Waals surface area contributed by atoms with E-state index in [0.29, 0.717) is 12.5 Å². The molecule has 0 aliphatic rings. The van der Waals surface area contributed by atoms with Crippen LogP contribution in [0.25, 0.3) is 0 Å². The topological polar surface area (TPSA) is 50.4 Å². The Hall–Kier alpha value is -1.55. The summed E-state index contributed by atoms with van der Waals surface area (Å²) < 4.78 is 5.26. The number of hydrogen-bond donors (Lipinski definition) is 2. The summed E-state index contributed by atoms with van der Waals surface area (Å²) in [6.07, 6.45) is 1.69. The molecule has 23 heavy (non-hydrogen) atoms. The maximum Gasteiger partial charge on any atom is 0.407 e. The number of rotatable bonds is 8. The number of nitrogens with one attached hydrogen (secondary N) is 2. The van der Waals surface area contributed by atoms with Crippen molar-refractivity contribution in [3.05, 3.63) is 35.9 Å². The molecule has 0 saturated heterocycles. The Balaban J connectivity index is 2.27. The van der Waals surface area contributed by atoms with Crippen molar-refractivity contribution in [2.24, 2.45) is 0 Å². The average molecular weight is 320 g/mol. The second-order valence-electron chi connectivity index (χ2n) is 7.04. The highest BCUT2D eigenvalue weighted by Crippen LogP contribution is 2.17. The number of alkyl carbamates (subject to hydrolysis) is 1. The van der Waals surface area contributed by atoms with Crippen molar-refractivity contribution in [3.63, 3.8) is 0 Å². The number of carbonyl (C=O) groups excluding carboxylic acids is 1. The molecule has 0 heterocycles. The minimum Gasteiger partial charge on any atom is -0.444 e.